The number of hydrogen-bond acceptors (Lipinski definition) is 4. The summed E-state index contributed by atoms with van der Waals surface area (Å²) in [6.07, 6.45) is 0. The maximum Gasteiger partial charge on any atom is 1.00 e. The van der Waals surface area contributed by atoms with E-state index in [-0.39, 0.29) is 70.3 Å². The molecule has 0 aliphatic heterocycles. The number of benzene rings is 2. The van der Waals surface area contributed by atoms with Crippen molar-refractivity contribution in [2.45, 2.75) is 4.90 Å². The Morgan fingerprint density at radius 1 is 1.00 bits per heavy atom. The third kappa shape index (κ3) is 3.85. The van der Waals surface area contributed by atoms with E-state index >= 15 is 0 Å². The molecule has 5 nitrogen and oxygen atoms in total. The van der Waals surface area contributed by atoms with Crippen molar-refractivity contribution in [1.29, 1.82) is 0 Å². The molecule has 0 spiro atoms. The Morgan fingerprint density at radius 3 is 2.17 bits per heavy atom. The first kappa shape index (κ1) is 18.2. The maximum atomic E-state index is 11.5. The minimum Gasteiger partial charge on any atom is -0.872 e. The maximum absolute atomic E-state index is 11.5. The van der Waals surface area contributed by atoms with E-state index in [1.807, 2.05) is 0 Å². The summed E-state index contributed by atoms with van der Waals surface area (Å²) in [6.45, 7) is 0. The molecular weight excluding hydrogens is 278 g/mol. The number of rotatable bonds is 1. The van der Waals surface area contributed by atoms with Crippen molar-refractivity contribution in [2.75, 3.05) is 0 Å². The van der Waals surface area contributed by atoms with E-state index in [9.17, 15) is 18.6 Å². The van der Waals surface area contributed by atoms with Crippen LogP contribution in [0.5, 0.6) is 11.5 Å². The SMILES string of the molecule is O=S(=O)(O)c1cc([O-])c2cc([O-])ccc2c1.[Na+].[Na+]. The van der Waals surface area contributed by atoms with Crippen molar-refractivity contribution in [3.8, 4) is 11.5 Å². The molecule has 0 saturated carbocycles. The molecule has 0 aromatic heterocycles. The molecule has 0 radical (unpaired) electrons. The smallest absolute Gasteiger partial charge is 0.872 e. The molecule has 1 N–H and O–H groups in total. The second-order valence-corrected chi connectivity index (χ2v) is 4.70. The summed E-state index contributed by atoms with van der Waals surface area (Å²) in [4.78, 5) is -0.469. The van der Waals surface area contributed by atoms with Crippen LogP contribution in [0.15, 0.2) is 35.2 Å². The Balaban J connectivity index is 0.00000144. The zero-order valence-corrected chi connectivity index (χ0v) is 14.7. The Labute approximate surface area is 148 Å². The largest absolute Gasteiger partial charge is 1.00 e. The van der Waals surface area contributed by atoms with Gasteiger partial charge in [-0.1, -0.05) is 23.9 Å². The van der Waals surface area contributed by atoms with E-state index in [1.165, 1.54) is 12.1 Å². The van der Waals surface area contributed by atoms with Crippen LogP contribution in [0.1, 0.15) is 0 Å². The quantitative estimate of drug-likeness (QED) is 0.415. The van der Waals surface area contributed by atoms with Crippen LogP contribution in [-0.4, -0.2) is 13.0 Å². The number of hydrogen-bond donors (Lipinski definition) is 1. The van der Waals surface area contributed by atoms with E-state index in [4.69, 9.17) is 4.55 Å². The van der Waals surface area contributed by atoms with Crippen LogP contribution in [-0.2, 0) is 10.1 Å². The van der Waals surface area contributed by atoms with E-state index < -0.39 is 20.8 Å². The second kappa shape index (κ2) is 6.58. The van der Waals surface area contributed by atoms with E-state index in [2.05, 4.69) is 0 Å². The molecule has 0 fully saturated rings. The minimum atomic E-state index is -4.41. The van der Waals surface area contributed by atoms with Gasteiger partial charge in [-0.15, -0.1) is 5.75 Å². The van der Waals surface area contributed by atoms with E-state index in [0.717, 1.165) is 18.2 Å². The predicted molar refractivity (Wildman–Crippen MR) is 52.7 cm³/mol. The summed E-state index contributed by atoms with van der Waals surface area (Å²) < 4.78 is 30.5. The molecule has 0 unspecified atom stereocenters. The molecule has 0 aliphatic carbocycles. The van der Waals surface area contributed by atoms with Crippen LogP contribution in [0, 0.1) is 0 Å². The molecule has 84 valence electrons. The third-order valence-corrected chi connectivity index (χ3v) is 2.99. The van der Waals surface area contributed by atoms with Gasteiger partial charge >= 0.3 is 59.1 Å². The Hall–Kier alpha value is 0.210. The minimum absolute atomic E-state index is 0. The summed E-state index contributed by atoms with van der Waals surface area (Å²) >= 11 is 0. The fourth-order valence-electron chi connectivity index (χ4n) is 1.43. The van der Waals surface area contributed by atoms with Crippen LogP contribution in [0.4, 0.5) is 0 Å². The molecule has 2 aromatic carbocycles. The molecule has 0 bridgehead atoms. The van der Waals surface area contributed by atoms with Gasteiger partial charge in [-0.05, 0) is 22.9 Å². The Bertz CT molecular complexity index is 669. The van der Waals surface area contributed by atoms with Crippen molar-refractivity contribution >= 4 is 20.9 Å². The molecule has 0 aliphatic rings. The zero-order valence-electron chi connectivity index (χ0n) is 9.88. The normalized spacial score (nSPS) is 10.5. The summed E-state index contributed by atoms with van der Waals surface area (Å²) in [7, 11) is -4.41. The van der Waals surface area contributed by atoms with Gasteiger partial charge in [0.25, 0.3) is 10.1 Å². The molecule has 0 atom stereocenters. The number of fused-ring (bicyclic) bond motifs is 1. The van der Waals surface area contributed by atoms with Gasteiger partial charge in [0.15, 0.2) is 0 Å². The van der Waals surface area contributed by atoms with Gasteiger partial charge in [0.2, 0.25) is 0 Å². The van der Waals surface area contributed by atoms with Gasteiger partial charge in [-0.25, -0.2) is 0 Å². The van der Waals surface area contributed by atoms with Crippen molar-refractivity contribution in [3.63, 3.8) is 0 Å². The fraction of sp³-hybridized carbons (Fsp3) is 0. The molecule has 0 amide bonds. The Morgan fingerprint density at radius 2 is 1.61 bits per heavy atom. The Kier molecular flexibility index (Phi) is 6.66. The monoisotopic (exact) mass is 284 g/mol. The standard InChI is InChI=1S/C10H8O5S.2Na/c11-7-2-1-6-3-8(16(13,14)15)5-10(12)9(6)4-7;;/h1-5,11-12H,(H,13,14,15);;/q;2*+1/p-2. The van der Waals surface area contributed by atoms with Gasteiger partial charge < -0.3 is 10.2 Å². The van der Waals surface area contributed by atoms with Gasteiger partial charge in [0, 0.05) is 0 Å². The van der Waals surface area contributed by atoms with Crippen molar-refractivity contribution < 1.29 is 82.3 Å². The predicted octanol–water partition coefficient (Wildman–Crippen LogP) is -5.76. The average molecular weight is 284 g/mol. The molecule has 8 heteroatoms. The first-order valence-corrected chi connectivity index (χ1v) is 5.71. The van der Waals surface area contributed by atoms with Crippen LogP contribution in [0.2, 0.25) is 0 Å². The van der Waals surface area contributed by atoms with Crippen LogP contribution < -0.4 is 69.3 Å². The topological polar surface area (TPSA) is 100 Å². The average Bonchev–Trinajstić information content (AvgIpc) is 2.17. The van der Waals surface area contributed by atoms with E-state index in [1.54, 1.807) is 0 Å². The fourth-order valence-corrected chi connectivity index (χ4v) is 1.96. The summed E-state index contributed by atoms with van der Waals surface area (Å²) in [5, 5.41) is 22.9. The van der Waals surface area contributed by atoms with Crippen LogP contribution in [0.25, 0.3) is 10.8 Å². The van der Waals surface area contributed by atoms with Crippen LogP contribution >= 0.6 is 0 Å². The first-order chi connectivity index (χ1) is 7.38. The van der Waals surface area contributed by atoms with E-state index in [0.29, 0.717) is 5.39 Å². The van der Waals surface area contributed by atoms with Crippen molar-refractivity contribution in [3.05, 3.63) is 30.3 Å². The first-order valence-electron chi connectivity index (χ1n) is 4.27. The molecule has 2 rings (SSSR count). The third-order valence-electron chi connectivity index (χ3n) is 2.16. The van der Waals surface area contributed by atoms with Crippen LogP contribution in [0.3, 0.4) is 0 Å². The van der Waals surface area contributed by atoms with Gasteiger partial charge in [-0.2, -0.15) is 8.42 Å². The summed E-state index contributed by atoms with van der Waals surface area (Å²) in [6, 6.07) is 5.62. The summed E-state index contributed by atoms with van der Waals surface area (Å²) in [5.74, 6) is -0.938. The molecule has 2 aromatic rings. The van der Waals surface area contributed by atoms with Gasteiger partial charge in [-0.3, -0.25) is 4.55 Å². The van der Waals surface area contributed by atoms with Crippen molar-refractivity contribution in [1.82, 2.24) is 0 Å². The van der Waals surface area contributed by atoms with Crippen molar-refractivity contribution in [2.24, 2.45) is 0 Å². The molecule has 0 saturated heterocycles. The zero-order chi connectivity index (χ0) is 11.9. The summed E-state index contributed by atoms with van der Waals surface area (Å²) in [5.41, 5.74) is 0. The molecule has 18 heavy (non-hydrogen) atoms. The molecular formula is C10H6Na2O5S. The van der Waals surface area contributed by atoms with Gasteiger partial charge in [0.1, 0.15) is 0 Å². The van der Waals surface area contributed by atoms with Gasteiger partial charge in [0.05, 0.1) is 4.90 Å². The molecule has 0 heterocycles. The second-order valence-electron chi connectivity index (χ2n) is 3.28.